The zero-order chi connectivity index (χ0) is 17.6. The molecule has 0 heterocycles. The number of carbonyl (C=O) groups excluding carboxylic acids is 1. The van der Waals surface area contributed by atoms with Gasteiger partial charge in [0.15, 0.2) is 0 Å². The third-order valence-corrected chi connectivity index (χ3v) is 4.37. The van der Waals surface area contributed by atoms with E-state index in [4.69, 9.17) is 4.74 Å². The van der Waals surface area contributed by atoms with E-state index in [2.05, 4.69) is 10.6 Å². The van der Waals surface area contributed by atoms with Gasteiger partial charge in [0, 0.05) is 0 Å². The Morgan fingerprint density at radius 3 is 2.23 bits per heavy atom. The van der Waals surface area contributed by atoms with Crippen molar-refractivity contribution in [1.82, 2.24) is 10.6 Å². The van der Waals surface area contributed by atoms with Crippen LogP contribution >= 0.6 is 12.4 Å². The average molecular weight is 379 g/mol. The van der Waals surface area contributed by atoms with Crippen LogP contribution in [0.1, 0.15) is 30.0 Å². The van der Waals surface area contributed by atoms with Crippen LogP contribution in [0, 0.1) is 11.7 Å². The maximum Gasteiger partial charge on any atom is 0.234 e. The van der Waals surface area contributed by atoms with Gasteiger partial charge in [-0.2, -0.15) is 0 Å². The topological polar surface area (TPSA) is 50.4 Å². The highest BCUT2D eigenvalue weighted by atomic mass is 35.5. The lowest BCUT2D eigenvalue weighted by atomic mass is 9.98. The molecule has 0 spiro atoms. The minimum absolute atomic E-state index is 0. The van der Waals surface area contributed by atoms with Crippen LogP contribution in [0.3, 0.4) is 0 Å². The molecule has 0 bridgehead atoms. The summed E-state index contributed by atoms with van der Waals surface area (Å²) in [5.74, 6) is 1.10. The van der Waals surface area contributed by atoms with Crippen molar-refractivity contribution in [2.45, 2.75) is 18.9 Å². The molecule has 0 aromatic heterocycles. The molecule has 1 amide bonds. The van der Waals surface area contributed by atoms with E-state index in [9.17, 15) is 9.18 Å². The summed E-state index contributed by atoms with van der Waals surface area (Å²) in [5.41, 5.74) is 1.75. The van der Waals surface area contributed by atoms with E-state index in [1.807, 2.05) is 24.3 Å². The van der Waals surface area contributed by atoms with E-state index >= 15 is 0 Å². The number of hydrogen-bond donors (Lipinski definition) is 2. The molecule has 26 heavy (non-hydrogen) atoms. The van der Waals surface area contributed by atoms with Crippen LogP contribution < -0.4 is 15.4 Å². The third kappa shape index (κ3) is 5.71. The van der Waals surface area contributed by atoms with Crippen molar-refractivity contribution in [2.24, 2.45) is 5.92 Å². The molecule has 2 aromatic carbocycles. The number of ether oxygens (including phenoxy) is 1. The molecule has 0 radical (unpaired) electrons. The van der Waals surface area contributed by atoms with E-state index in [0.717, 1.165) is 29.3 Å². The zero-order valence-electron chi connectivity index (χ0n) is 14.7. The SMILES string of the molecule is COc1ccc(C(NC(=O)CNCC2CC2)c2ccc(F)cc2)cc1.Cl. The molecule has 0 aliphatic heterocycles. The van der Waals surface area contributed by atoms with Gasteiger partial charge in [-0.15, -0.1) is 12.4 Å². The summed E-state index contributed by atoms with van der Waals surface area (Å²) in [5, 5.41) is 6.23. The Kier molecular flexibility index (Phi) is 7.42. The van der Waals surface area contributed by atoms with Crippen LogP contribution in [0.5, 0.6) is 5.75 Å². The smallest absolute Gasteiger partial charge is 0.234 e. The summed E-state index contributed by atoms with van der Waals surface area (Å²) in [6, 6.07) is 13.4. The predicted octanol–water partition coefficient (Wildman–Crippen LogP) is 3.46. The second-order valence-corrected chi connectivity index (χ2v) is 6.40. The third-order valence-electron chi connectivity index (χ3n) is 4.37. The lowest BCUT2D eigenvalue weighted by Gasteiger charge is -2.20. The largest absolute Gasteiger partial charge is 0.497 e. The number of nitrogens with one attached hydrogen (secondary N) is 2. The molecule has 140 valence electrons. The lowest BCUT2D eigenvalue weighted by Crippen LogP contribution is -2.37. The molecule has 4 nitrogen and oxygen atoms in total. The first kappa shape index (κ1) is 20.2. The molecule has 1 aliphatic rings. The van der Waals surface area contributed by atoms with Crippen LogP contribution in [-0.4, -0.2) is 26.1 Å². The molecule has 2 aromatic rings. The van der Waals surface area contributed by atoms with Gasteiger partial charge < -0.3 is 15.4 Å². The van der Waals surface area contributed by atoms with Crippen molar-refractivity contribution in [1.29, 1.82) is 0 Å². The first-order chi connectivity index (χ1) is 12.2. The number of halogens is 2. The van der Waals surface area contributed by atoms with Gasteiger partial charge in [0.25, 0.3) is 0 Å². The minimum atomic E-state index is -0.332. The first-order valence-electron chi connectivity index (χ1n) is 8.55. The summed E-state index contributed by atoms with van der Waals surface area (Å²) in [4.78, 5) is 12.3. The number of benzene rings is 2. The van der Waals surface area contributed by atoms with Crippen molar-refractivity contribution in [3.8, 4) is 5.75 Å². The first-order valence-corrected chi connectivity index (χ1v) is 8.55. The highest BCUT2D eigenvalue weighted by molar-refractivity contribution is 5.85. The maximum absolute atomic E-state index is 13.2. The normalized spacial score (nSPS) is 14.2. The standard InChI is InChI=1S/C20H23FN2O2.ClH/c1-25-18-10-6-16(7-11-18)20(15-4-8-17(21)9-5-15)23-19(24)13-22-12-14-2-3-14;/h4-11,14,20,22H,2-3,12-13H2,1H3,(H,23,24);1H. The molecule has 1 unspecified atom stereocenters. The van der Waals surface area contributed by atoms with Gasteiger partial charge in [-0.3, -0.25) is 4.79 Å². The fraction of sp³-hybridized carbons (Fsp3) is 0.350. The second-order valence-electron chi connectivity index (χ2n) is 6.40. The average Bonchev–Trinajstić information content (AvgIpc) is 3.45. The van der Waals surface area contributed by atoms with E-state index < -0.39 is 0 Å². The van der Waals surface area contributed by atoms with Crippen LogP contribution in [0.25, 0.3) is 0 Å². The van der Waals surface area contributed by atoms with Crippen LogP contribution in [0.15, 0.2) is 48.5 Å². The predicted molar refractivity (Wildman–Crippen MR) is 102 cm³/mol. The summed E-state index contributed by atoms with van der Waals surface area (Å²) >= 11 is 0. The molecule has 3 rings (SSSR count). The summed E-state index contributed by atoms with van der Waals surface area (Å²) in [6.45, 7) is 1.17. The fourth-order valence-electron chi connectivity index (χ4n) is 2.73. The second kappa shape index (κ2) is 9.55. The van der Waals surface area contributed by atoms with Crippen LogP contribution in [0.4, 0.5) is 4.39 Å². The van der Waals surface area contributed by atoms with E-state index in [1.54, 1.807) is 19.2 Å². The molecule has 1 atom stereocenters. The van der Waals surface area contributed by atoms with Gasteiger partial charge >= 0.3 is 0 Å². The Morgan fingerprint density at radius 1 is 1.12 bits per heavy atom. The van der Waals surface area contributed by atoms with E-state index in [-0.39, 0.29) is 36.7 Å². The van der Waals surface area contributed by atoms with Crippen molar-refractivity contribution < 1.29 is 13.9 Å². The molecule has 6 heteroatoms. The van der Waals surface area contributed by atoms with Crippen molar-refractivity contribution >= 4 is 18.3 Å². The van der Waals surface area contributed by atoms with E-state index in [1.165, 1.54) is 25.0 Å². The zero-order valence-corrected chi connectivity index (χ0v) is 15.5. The summed E-state index contributed by atoms with van der Waals surface area (Å²) < 4.78 is 18.4. The molecule has 1 aliphatic carbocycles. The number of carbonyl (C=O) groups is 1. The lowest BCUT2D eigenvalue weighted by molar-refractivity contribution is -0.120. The van der Waals surface area contributed by atoms with Gasteiger partial charge in [-0.05, 0) is 60.7 Å². The van der Waals surface area contributed by atoms with Crippen LogP contribution in [0.2, 0.25) is 0 Å². The van der Waals surface area contributed by atoms with Crippen LogP contribution in [-0.2, 0) is 4.79 Å². The molecule has 0 saturated heterocycles. The number of methoxy groups -OCH3 is 1. The van der Waals surface area contributed by atoms with Gasteiger partial charge in [-0.1, -0.05) is 24.3 Å². The molecular weight excluding hydrogens is 355 g/mol. The van der Waals surface area contributed by atoms with Crippen molar-refractivity contribution in [3.05, 3.63) is 65.5 Å². The van der Waals surface area contributed by atoms with Gasteiger partial charge in [0.2, 0.25) is 5.91 Å². The van der Waals surface area contributed by atoms with Crippen molar-refractivity contribution in [2.75, 3.05) is 20.2 Å². The number of rotatable bonds is 8. The number of amides is 1. The molecule has 1 saturated carbocycles. The summed E-state index contributed by atoms with van der Waals surface area (Å²) in [6.07, 6.45) is 2.50. The monoisotopic (exact) mass is 378 g/mol. The Labute approximate surface area is 159 Å². The van der Waals surface area contributed by atoms with Crippen molar-refractivity contribution in [3.63, 3.8) is 0 Å². The molecule has 1 fully saturated rings. The Morgan fingerprint density at radius 2 is 1.69 bits per heavy atom. The number of hydrogen-bond acceptors (Lipinski definition) is 3. The summed E-state index contributed by atoms with van der Waals surface area (Å²) in [7, 11) is 1.61. The van der Waals surface area contributed by atoms with Gasteiger partial charge in [0.05, 0.1) is 19.7 Å². The maximum atomic E-state index is 13.2. The Bertz CT molecular complexity index is 703. The molecule has 2 N–H and O–H groups in total. The quantitative estimate of drug-likeness (QED) is 0.739. The Balaban J connectivity index is 0.00000243. The van der Waals surface area contributed by atoms with Gasteiger partial charge in [0.1, 0.15) is 11.6 Å². The van der Waals surface area contributed by atoms with Gasteiger partial charge in [-0.25, -0.2) is 4.39 Å². The minimum Gasteiger partial charge on any atom is -0.497 e. The molecular formula is C20H24ClFN2O2. The highest BCUT2D eigenvalue weighted by Crippen LogP contribution is 2.27. The Hall–Kier alpha value is -2.11. The highest BCUT2D eigenvalue weighted by Gasteiger charge is 2.21. The van der Waals surface area contributed by atoms with E-state index in [0.29, 0.717) is 0 Å². The fourth-order valence-corrected chi connectivity index (χ4v) is 2.73.